The fraction of sp³-hybridized carbons (Fsp3) is 0.562. The van der Waals surface area contributed by atoms with Crippen LogP contribution in [0.25, 0.3) is 0 Å². The SMILES string of the molecule is O=C(NCC1CCN(Cc2ccccc2)CC1)NCC(F)(F)F. The molecule has 0 aromatic heterocycles. The smallest absolute Gasteiger partial charge is 0.338 e. The second kappa shape index (κ2) is 8.19. The first-order chi connectivity index (χ1) is 10.9. The lowest BCUT2D eigenvalue weighted by molar-refractivity contribution is -0.122. The summed E-state index contributed by atoms with van der Waals surface area (Å²) in [5.41, 5.74) is 1.27. The number of piperidine rings is 1. The summed E-state index contributed by atoms with van der Waals surface area (Å²) in [5.74, 6) is 0.318. The van der Waals surface area contributed by atoms with Crippen LogP contribution in [0.3, 0.4) is 0 Å². The lowest BCUT2D eigenvalue weighted by Gasteiger charge is -2.32. The number of urea groups is 1. The van der Waals surface area contributed by atoms with Crippen molar-refractivity contribution in [1.29, 1.82) is 0 Å². The molecule has 0 saturated carbocycles. The van der Waals surface area contributed by atoms with E-state index in [2.05, 4.69) is 22.3 Å². The van der Waals surface area contributed by atoms with Gasteiger partial charge >= 0.3 is 12.2 Å². The van der Waals surface area contributed by atoms with Gasteiger partial charge in [0.2, 0.25) is 0 Å². The van der Waals surface area contributed by atoms with Gasteiger partial charge in [-0.2, -0.15) is 13.2 Å². The molecule has 2 amide bonds. The minimum Gasteiger partial charge on any atom is -0.338 e. The van der Waals surface area contributed by atoms with Crippen molar-refractivity contribution in [3.8, 4) is 0 Å². The molecule has 0 spiro atoms. The molecule has 1 fully saturated rings. The topological polar surface area (TPSA) is 44.4 Å². The van der Waals surface area contributed by atoms with Crippen molar-refractivity contribution in [2.75, 3.05) is 26.2 Å². The van der Waals surface area contributed by atoms with Crippen molar-refractivity contribution in [2.24, 2.45) is 5.92 Å². The molecular formula is C16H22F3N3O. The number of amides is 2. The molecule has 0 aliphatic carbocycles. The number of carbonyl (C=O) groups excluding carboxylic acids is 1. The monoisotopic (exact) mass is 329 g/mol. The quantitative estimate of drug-likeness (QED) is 0.872. The van der Waals surface area contributed by atoms with E-state index in [1.165, 1.54) is 5.56 Å². The minimum atomic E-state index is -4.37. The number of halogens is 3. The molecule has 1 aliphatic rings. The molecule has 23 heavy (non-hydrogen) atoms. The first-order valence-electron chi connectivity index (χ1n) is 7.77. The summed E-state index contributed by atoms with van der Waals surface area (Å²) in [4.78, 5) is 13.7. The highest BCUT2D eigenvalue weighted by atomic mass is 19.4. The third-order valence-electron chi connectivity index (χ3n) is 3.96. The maximum absolute atomic E-state index is 12.0. The Labute approximate surface area is 134 Å². The number of likely N-dealkylation sites (tertiary alicyclic amines) is 1. The predicted molar refractivity (Wildman–Crippen MR) is 81.9 cm³/mol. The third-order valence-corrected chi connectivity index (χ3v) is 3.96. The standard InChI is InChI=1S/C16H22F3N3O/c17-16(18,19)12-21-15(23)20-10-13-6-8-22(9-7-13)11-14-4-2-1-3-5-14/h1-5,13H,6-12H2,(H2,20,21,23). The zero-order valence-corrected chi connectivity index (χ0v) is 12.9. The van der Waals surface area contributed by atoms with Gasteiger partial charge in [0.25, 0.3) is 0 Å². The zero-order chi connectivity index (χ0) is 16.7. The molecule has 1 aromatic carbocycles. The molecule has 7 heteroatoms. The van der Waals surface area contributed by atoms with Gasteiger partial charge in [0.15, 0.2) is 0 Å². The summed E-state index contributed by atoms with van der Waals surface area (Å²) < 4.78 is 36.0. The minimum absolute atomic E-state index is 0.318. The Morgan fingerprint density at radius 3 is 2.39 bits per heavy atom. The Bertz CT molecular complexity index is 485. The highest BCUT2D eigenvalue weighted by Gasteiger charge is 2.28. The molecule has 1 saturated heterocycles. The molecule has 0 atom stereocenters. The number of hydrogen-bond donors (Lipinski definition) is 2. The van der Waals surface area contributed by atoms with Crippen molar-refractivity contribution in [3.63, 3.8) is 0 Å². The van der Waals surface area contributed by atoms with E-state index in [1.807, 2.05) is 23.5 Å². The molecule has 2 N–H and O–H groups in total. The van der Waals surface area contributed by atoms with Crippen molar-refractivity contribution in [2.45, 2.75) is 25.6 Å². The second-order valence-corrected chi connectivity index (χ2v) is 5.88. The maximum Gasteiger partial charge on any atom is 0.405 e. The number of hydrogen-bond acceptors (Lipinski definition) is 2. The number of rotatable bonds is 5. The Kier molecular flexibility index (Phi) is 6.27. The molecule has 1 heterocycles. The summed E-state index contributed by atoms with van der Waals surface area (Å²) in [7, 11) is 0. The average molecular weight is 329 g/mol. The second-order valence-electron chi connectivity index (χ2n) is 5.88. The summed E-state index contributed by atoms with van der Waals surface area (Å²) in [6.45, 7) is 1.90. The van der Waals surface area contributed by atoms with Crippen LogP contribution in [0.5, 0.6) is 0 Å². The van der Waals surface area contributed by atoms with Crippen LogP contribution in [0, 0.1) is 5.92 Å². The molecule has 0 radical (unpaired) electrons. The zero-order valence-electron chi connectivity index (χ0n) is 12.9. The van der Waals surface area contributed by atoms with Crippen LogP contribution in [0.4, 0.5) is 18.0 Å². The van der Waals surface area contributed by atoms with Gasteiger partial charge in [-0.3, -0.25) is 4.90 Å². The third kappa shape index (κ3) is 6.90. The van der Waals surface area contributed by atoms with E-state index in [4.69, 9.17) is 0 Å². The van der Waals surface area contributed by atoms with Crippen molar-refractivity contribution in [1.82, 2.24) is 15.5 Å². The number of nitrogens with zero attached hydrogens (tertiary/aromatic N) is 1. The normalized spacial score (nSPS) is 17.0. The Morgan fingerprint density at radius 2 is 1.78 bits per heavy atom. The van der Waals surface area contributed by atoms with E-state index in [1.54, 1.807) is 0 Å². The van der Waals surface area contributed by atoms with E-state index >= 15 is 0 Å². The van der Waals surface area contributed by atoms with E-state index < -0.39 is 18.8 Å². The van der Waals surface area contributed by atoms with E-state index in [-0.39, 0.29) is 0 Å². The first kappa shape index (κ1) is 17.6. The predicted octanol–water partition coefficient (Wildman–Crippen LogP) is 2.76. The van der Waals surface area contributed by atoms with E-state index in [9.17, 15) is 18.0 Å². The van der Waals surface area contributed by atoms with Gasteiger partial charge in [-0.05, 0) is 37.4 Å². The van der Waals surface area contributed by atoms with E-state index in [0.717, 1.165) is 32.5 Å². The van der Waals surface area contributed by atoms with Crippen LogP contribution in [0.2, 0.25) is 0 Å². The number of benzene rings is 1. The van der Waals surface area contributed by atoms with Gasteiger partial charge in [-0.15, -0.1) is 0 Å². The fourth-order valence-corrected chi connectivity index (χ4v) is 2.67. The summed E-state index contributed by atoms with van der Waals surface area (Å²) in [5, 5.41) is 4.34. The Morgan fingerprint density at radius 1 is 1.13 bits per heavy atom. The van der Waals surface area contributed by atoms with Gasteiger partial charge < -0.3 is 10.6 Å². The number of nitrogens with one attached hydrogen (secondary N) is 2. The van der Waals surface area contributed by atoms with Crippen molar-refractivity contribution < 1.29 is 18.0 Å². The van der Waals surface area contributed by atoms with Gasteiger partial charge in [0.1, 0.15) is 6.54 Å². The number of alkyl halides is 3. The molecule has 1 aliphatic heterocycles. The summed E-state index contributed by atoms with van der Waals surface area (Å²) in [6, 6.07) is 9.47. The van der Waals surface area contributed by atoms with Crippen molar-refractivity contribution in [3.05, 3.63) is 35.9 Å². The molecule has 0 bridgehead atoms. The number of carbonyl (C=O) groups is 1. The van der Waals surface area contributed by atoms with Crippen LogP contribution in [0.1, 0.15) is 18.4 Å². The van der Waals surface area contributed by atoms with Crippen LogP contribution >= 0.6 is 0 Å². The molecule has 2 rings (SSSR count). The van der Waals surface area contributed by atoms with Gasteiger partial charge in [-0.25, -0.2) is 4.79 Å². The largest absolute Gasteiger partial charge is 0.405 e. The van der Waals surface area contributed by atoms with Crippen LogP contribution in [0.15, 0.2) is 30.3 Å². The molecule has 128 valence electrons. The Balaban J connectivity index is 1.62. The van der Waals surface area contributed by atoms with Gasteiger partial charge in [0, 0.05) is 13.1 Å². The fourth-order valence-electron chi connectivity index (χ4n) is 2.67. The van der Waals surface area contributed by atoms with Crippen molar-refractivity contribution >= 4 is 6.03 Å². The van der Waals surface area contributed by atoms with Gasteiger partial charge in [0.05, 0.1) is 0 Å². The highest BCUT2D eigenvalue weighted by molar-refractivity contribution is 5.73. The first-order valence-corrected chi connectivity index (χ1v) is 7.77. The summed E-state index contributed by atoms with van der Waals surface area (Å²) in [6.07, 6.45) is -2.50. The molecular weight excluding hydrogens is 307 g/mol. The Hall–Kier alpha value is -1.76. The maximum atomic E-state index is 12.0. The highest BCUT2D eigenvalue weighted by Crippen LogP contribution is 2.18. The van der Waals surface area contributed by atoms with Crippen LogP contribution < -0.4 is 10.6 Å². The lowest BCUT2D eigenvalue weighted by atomic mass is 9.96. The molecule has 0 unspecified atom stereocenters. The van der Waals surface area contributed by atoms with Gasteiger partial charge in [-0.1, -0.05) is 30.3 Å². The van der Waals surface area contributed by atoms with E-state index in [0.29, 0.717) is 12.5 Å². The van der Waals surface area contributed by atoms with Crippen LogP contribution in [-0.4, -0.2) is 43.3 Å². The molecule has 1 aromatic rings. The lowest BCUT2D eigenvalue weighted by Crippen LogP contribution is -2.44. The molecule has 4 nitrogen and oxygen atoms in total. The summed E-state index contributed by atoms with van der Waals surface area (Å²) >= 11 is 0. The van der Waals surface area contributed by atoms with Crippen LogP contribution in [-0.2, 0) is 6.54 Å². The average Bonchev–Trinajstić information content (AvgIpc) is 2.52.